The van der Waals surface area contributed by atoms with Crippen LogP contribution >= 0.6 is 35.4 Å². The molecule has 3 N–H and O–H groups in total. The Morgan fingerprint density at radius 2 is 1.86 bits per heavy atom. The van der Waals surface area contributed by atoms with Gasteiger partial charge in [-0.25, -0.2) is 17.9 Å². The highest BCUT2D eigenvalue weighted by molar-refractivity contribution is 7.89. The first-order chi connectivity index (χ1) is 17.7. The Morgan fingerprint density at radius 3 is 2.51 bits per heavy atom. The van der Waals surface area contributed by atoms with Crippen LogP contribution in [0.4, 0.5) is 10.5 Å². The lowest BCUT2D eigenvalue weighted by atomic mass is 10.2. The van der Waals surface area contributed by atoms with Crippen molar-refractivity contribution in [3.05, 3.63) is 58.6 Å². The number of para-hydroxylation sites is 1. The molecule has 0 fully saturated rings. The number of nitrogens with one attached hydrogen (secondary N) is 3. The number of benzene rings is 2. The lowest BCUT2D eigenvalue weighted by molar-refractivity contribution is 0.0550. The molecule has 0 radical (unpaired) electrons. The summed E-state index contributed by atoms with van der Waals surface area (Å²) in [5.41, 5.74) is 0.784. The van der Waals surface area contributed by atoms with Crippen molar-refractivity contribution >= 4 is 62.3 Å². The molecule has 0 aromatic heterocycles. The van der Waals surface area contributed by atoms with Crippen molar-refractivity contribution < 1.29 is 22.7 Å². The summed E-state index contributed by atoms with van der Waals surface area (Å²) in [7, 11) is -2.25. The maximum Gasteiger partial charge on any atom is 0.317 e. The summed E-state index contributed by atoms with van der Waals surface area (Å²) in [4.78, 5) is 14.2. The Balaban J connectivity index is 1.91. The molecule has 0 spiro atoms. The average Bonchev–Trinajstić information content (AvgIpc) is 2.83. The Morgan fingerprint density at radius 1 is 1.14 bits per heavy atom. The highest BCUT2D eigenvalue weighted by Crippen LogP contribution is 2.24. The van der Waals surface area contributed by atoms with Gasteiger partial charge in [0.05, 0.1) is 18.2 Å². The lowest BCUT2D eigenvalue weighted by Crippen LogP contribution is -2.46. The molecule has 37 heavy (non-hydrogen) atoms. The van der Waals surface area contributed by atoms with Crippen LogP contribution in [0.2, 0.25) is 10.0 Å². The molecule has 2 aromatic rings. The summed E-state index contributed by atoms with van der Waals surface area (Å²) in [6.07, 6.45) is 0.520. The zero-order chi connectivity index (χ0) is 27.3. The van der Waals surface area contributed by atoms with Crippen molar-refractivity contribution in [3.8, 4) is 0 Å². The minimum absolute atomic E-state index is 0.0397. The lowest BCUT2D eigenvalue weighted by Gasteiger charge is -2.28. The van der Waals surface area contributed by atoms with E-state index in [2.05, 4.69) is 15.4 Å². The van der Waals surface area contributed by atoms with Crippen LogP contribution in [-0.4, -0.2) is 70.5 Å². The van der Waals surface area contributed by atoms with Crippen molar-refractivity contribution in [1.29, 1.82) is 0 Å². The van der Waals surface area contributed by atoms with Crippen LogP contribution in [0.5, 0.6) is 0 Å². The summed E-state index contributed by atoms with van der Waals surface area (Å²) in [6.45, 7) is 3.28. The number of hydrogen-bond donors (Lipinski definition) is 3. The second-order valence-corrected chi connectivity index (χ2v) is 10.9. The van der Waals surface area contributed by atoms with E-state index >= 15 is 0 Å². The monoisotopic (exact) mass is 590 g/mol. The van der Waals surface area contributed by atoms with Crippen LogP contribution in [-0.2, 0) is 19.5 Å². The molecule has 0 aliphatic carbocycles. The topological polar surface area (TPSA) is 109 Å². The minimum atomic E-state index is -3.79. The number of halogens is 2. The molecule has 1 atom stereocenters. The van der Waals surface area contributed by atoms with E-state index in [1.54, 1.807) is 12.0 Å². The number of carbonyl (C=O) groups excluding carboxylic acids is 1. The highest BCUT2D eigenvalue weighted by Gasteiger charge is 2.22. The standard InChI is InChI=1S/C24H32Cl2N4O5S2/c1-3-27-23(31)30(16-20(17-34-2)35-24(36)29-19-9-5-4-6-10-19)14-8-7-13-28-37(32,33)22-12-11-18(25)15-21(22)26/h4-6,9-12,15,20,28H,3,7-8,13-14,16-17H2,1-2H3,(H,27,31)(H,29,36)/t20-/m1/s1. The van der Waals surface area contributed by atoms with Crippen molar-refractivity contribution in [2.75, 3.05) is 45.2 Å². The summed E-state index contributed by atoms with van der Waals surface area (Å²) in [6, 6.07) is 13.3. The summed E-state index contributed by atoms with van der Waals surface area (Å²) < 4.78 is 38.7. The van der Waals surface area contributed by atoms with Crippen molar-refractivity contribution in [2.24, 2.45) is 0 Å². The predicted octanol–water partition coefficient (Wildman–Crippen LogP) is 4.51. The molecule has 0 aliphatic heterocycles. The van der Waals surface area contributed by atoms with Gasteiger partial charge in [0.15, 0.2) is 0 Å². The SMILES string of the molecule is CCNC(=O)N(CCCCNS(=O)(=O)c1ccc(Cl)cc1Cl)C[C@H](COC)OC(=S)Nc1ccccc1. The molecule has 0 saturated carbocycles. The third-order valence-electron chi connectivity index (χ3n) is 5.02. The molecule has 2 amide bonds. The Hall–Kier alpha value is -2.15. The normalized spacial score (nSPS) is 12.0. The number of carbonyl (C=O) groups is 1. The number of urea groups is 1. The Bertz CT molecular complexity index is 1120. The van der Waals surface area contributed by atoms with E-state index < -0.39 is 16.1 Å². The summed E-state index contributed by atoms with van der Waals surface area (Å²) >= 11 is 17.2. The van der Waals surface area contributed by atoms with E-state index in [0.29, 0.717) is 31.0 Å². The number of nitrogens with zero attached hydrogens (tertiary/aromatic N) is 1. The summed E-state index contributed by atoms with van der Waals surface area (Å²) in [5.74, 6) is 0. The van der Waals surface area contributed by atoms with E-state index in [4.69, 9.17) is 44.9 Å². The number of amides is 2. The quantitative estimate of drug-likeness (QED) is 0.219. The molecule has 9 nitrogen and oxygen atoms in total. The molecule has 0 unspecified atom stereocenters. The number of hydrogen-bond acceptors (Lipinski definition) is 6. The van der Waals surface area contributed by atoms with E-state index in [1.807, 2.05) is 37.3 Å². The maximum absolute atomic E-state index is 12.7. The van der Waals surface area contributed by atoms with Gasteiger partial charge < -0.3 is 25.0 Å². The fourth-order valence-corrected chi connectivity index (χ4v) is 5.42. The van der Waals surface area contributed by atoms with Gasteiger partial charge in [-0.2, -0.15) is 0 Å². The van der Waals surface area contributed by atoms with Crippen LogP contribution < -0.4 is 15.4 Å². The third kappa shape index (κ3) is 11.0. The molecule has 2 rings (SSSR count). The number of ether oxygens (including phenoxy) is 2. The van der Waals surface area contributed by atoms with Gasteiger partial charge in [-0.1, -0.05) is 41.4 Å². The van der Waals surface area contributed by atoms with Gasteiger partial charge in [0.2, 0.25) is 10.0 Å². The molecule has 0 heterocycles. The zero-order valence-corrected chi connectivity index (χ0v) is 23.9. The largest absolute Gasteiger partial charge is 0.463 e. The first kappa shape index (κ1) is 31.1. The van der Waals surface area contributed by atoms with Crippen LogP contribution in [0.15, 0.2) is 53.4 Å². The molecule has 0 bridgehead atoms. The number of sulfonamides is 1. The van der Waals surface area contributed by atoms with E-state index in [9.17, 15) is 13.2 Å². The van der Waals surface area contributed by atoms with Gasteiger partial charge in [-0.15, -0.1) is 0 Å². The second kappa shape index (κ2) is 16.0. The molecule has 204 valence electrons. The first-order valence-electron chi connectivity index (χ1n) is 11.7. The molecular weight excluding hydrogens is 559 g/mol. The first-order valence-corrected chi connectivity index (χ1v) is 14.3. The Labute approximate surface area is 233 Å². The number of thiocarbonyl (C=S) groups is 1. The highest BCUT2D eigenvalue weighted by atomic mass is 35.5. The molecule has 0 aliphatic rings. The average molecular weight is 592 g/mol. The zero-order valence-electron chi connectivity index (χ0n) is 20.7. The van der Waals surface area contributed by atoms with Crippen molar-refractivity contribution in [1.82, 2.24) is 14.9 Å². The number of methoxy groups -OCH3 is 1. The van der Waals surface area contributed by atoms with Crippen LogP contribution in [0.3, 0.4) is 0 Å². The van der Waals surface area contributed by atoms with Crippen LogP contribution in [0, 0.1) is 0 Å². The fraction of sp³-hybridized carbons (Fsp3) is 0.417. The molecule has 2 aromatic carbocycles. The molecule has 13 heteroatoms. The van der Waals surface area contributed by atoms with Crippen LogP contribution in [0.25, 0.3) is 0 Å². The summed E-state index contributed by atoms with van der Waals surface area (Å²) in [5, 5.41) is 6.36. The number of anilines is 1. The van der Waals surface area contributed by atoms with Gasteiger partial charge in [-0.3, -0.25) is 0 Å². The molecule has 0 saturated heterocycles. The van der Waals surface area contributed by atoms with E-state index in [0.717, 1.165) is 5.69 Å². The molecular formula is C24H32Cl2N4O5S2. The van der Waals surface area contributed by atoms with Gasteiger partial charge in [0.1, 0.15) is 11.0 Å². The van der Waals surface area contributed by atoms with Gasteiger partial charge in [0.25, 0.3) is 5.17 Å². The smallest absolute Gasteiger partial charge is 0.317 e. The van der Waals surface area contributed by atoms with E-state index in [-0.39, 0.29) is 40.8 Å². The second-order valence-electron chi connectivity index (χ2n) is 7.93. The number of rotatable bonds is 14. The third-order valence-corrected chi connectivity index (χ3v) is 7.39. The van der Waals surface area contributed by atoms with Gasteiger partial charge in [0, 0.05) is 37.5 Å². The fourth-order valence-electron chi connectivity index (χ4n) is 3.32. The van der Waals surface area contributed by atoms with E-state index in [1.165, 1.54) is 18.2 Å². The van der Waals surface area contributed by atoms with Crippen molar-refractivity contribution in [2.45, 2.75) is 30.8 Å². The van der Waals surface area contributed by atoms with Crippen LogP contribution in [0.1, 0.15) is 19.8 Å². The Kier molecular flexibility index (Phi) is 13.4. The van der Waals surface area contributed by atoms with Gasteiger partial charge >= 0.3 is 6.03 Å². The van der Waals surface area contributed by atoms with Crippen molar-refractivity contribution in [3.63, 3.8) is 0 Å². The van der Waals surface area contributed by atoms with Gasteiger partial charge in [-0.05, 0) is 62.3 Å². The minimum Gasteiger partial charge on any atom is -0.463 e. The number of unbranched alkanes of at least 4 members (excludes halogenated alkanes) is 1. The predicted molar refractivity (Wildman–Crippen MR) is 151 cm³/mol. The maximum atomic E-state index is 12.7.